The zero-order valence-corrected chi connectivity index (χ0v) is 13.5. The highest BCUT2D eigenvalue weighted by Crippen LogP contribution is 2.17. The molecule has 1 aromatic rings. The van der Waals surface area contributed by atoms with E-state index in [0.29, 0.717) is 18.2 Å². The molecule has 0 saturated carbocycles. The van der Waals surface area contributed by atoms with E-state index in [2.05, 4.69) is 11.6 Å². The highest BCUT2D eigenvalue weighted by atomic mass is 35.5. The maximum atomic E-state index is 12.2. The minimum atomic E-state index is -3.47. The number of hydrogen-bond donors (Lipinski definition) is 1. The van der Waals surface area contributed by atoms with Crippen molar-refractivity contribution in [3.05, 3.63) is 24.3 Å². The summed E-state index contributed by atoms with van der Waals surface area (Å²) < 4.78 is 32.0. The van der Waals surface area contributed by atoms with Gasteiger partial charge in [0.25, 0.3) is 0 Å². The van der Waals surface area contributed by atoms with Crippen LogP contribution in [0.5, 0.6) is 5.75 Å². The average Bonchev–Trinajstić information content (AvgIpc) is 2.45. The second-order valence-corrected chi connectivity index (χ2v) is 6.80. The normalized spacial score (nSPS) is 13.2. The topological polar surface area (TPSA) is 55.4 Å². The Balaban J connectivity index is 2.68. The van der Waals surface area contributed by atoms with Gasteiger partial charge in [0.2, 0.25) is 10.0 Å². The van der Waals surface area contributed by atoms with Gasteiger partial charge in [-0.1, -0.05) is 13.3 Å². The highest BCUT2D eigenvalue weighted by molar-refractivity contribution is 7.89. The molecule has 0 heterocycles. The van der Waals surface area contributed by atoms with Crippen molar-refractivity contribution in [2.24, 2.45) is 5.92 Å². The molecule has 1 rings (SSSR count). The van der Waals surface area contributed by atoms with E-state index >= 15 is 0 Å². The molecule has 1 atom stereocenters. The van der Waals surface area contributed by atoms with Crippen molar-refractivity contribution in [1.82, 2.24) is 4.72 Å². The number of benzene rings is 1. The van der Waals surface area contributed by atoms with Gasteiger partial charge in [-0.05, 0) is 43.0 Å². The molecule has 0 amide bonds. The molecule has 0 spiro atoms. The van der Waals surface area contributed by atoms with E-state index in [0.717, 1.165) is 19.3 Å². The minimum Gasteiger partial charge on any atom is -0.497 e. The number of nitrogens with one attached hydrogen (secondary N) is 1. The van der Waals surface area contributed by atoms with Crippen molar-refractivity contribution >= 4 is 21.6 Å². The third-order valence-corrected chi connectivity index (χ3v) is 4.80. The maximum absolute atomic E-state index is 12.2. The summed E-state index contributed by atoms with van der Waals surface area (Å²) in [5.74, 6) is 1.47. The van der Waals surface area contributed by atoms with Crippen molar-refractivity contribution in [3.8, 4) is 5.75 Å². The van der Waals surface area contributed by atoms with Crippen molar-refractivity contribution < 1.29 is 13.2 Å². The largest absolute Gasteiger partial charge is 0.497 e. The molecule has 6 heteroatoms. The second kappa shape index (κ2) is 8.49. The van der Waals surface area contributed by atoms with Gasteiger partial charge in [0, 0.05) is 12.4 Å². The predicted octanol–water partition coefficient (Wildman–Crippen LogP) is 3.02. The first-order valence-corrected chi connectivity index (χ1v) is 8.75. The first kappa shape index (κ1) is 17.3. The summed E-state index contributed by atoms with van der Waals surface area (Å²) >= 11 is 5.74. The quantitative estimate of drug-likeness (QED) is 0.712. The molecule has 0 aromatic heterocycles. The molecule has 0 aliphatic heterocycles. The Morgan fingerprint density at radius 1 is 1.25 bits per heavy atom. The van der Waals surface area contributed by atoms with Crippen LogP contribution in [0.1, 0.15) is 26.2 Å². The molecule has 0 bridgehead atoms. The monoisotopic (exact) mass is 319 g/mol. The smallest absolute Gasteiger partial charge is 0.240 e. The summed E-state index contributed by atoms with van der Waals surface area (Å²) in [5.41, 5.74) is 0. The second-order valence-electron chi connectivity index (χ2n) is 4.66. The van der Waals surface area contributed by atoms with E-state index in [4.69, 9.17) is 16.3 Å². The Bertz CT molecular complexity index is 482. The Morgan fingerprint density at radius 3 is 2.40 bits per heavy atom. The summed E-state index contributed by atoms with van der Waals surface area (Å²) in [7, 11) is -1.92. The van der Waals surface area contributed by atoms with Crippen molar-refractivity contribution in [1.29, 1.82) is 0 Å². The lowest BCUT2D eigenvalue weighted by molar-refractivity contribution is 0.414. The molecule has 0 radical (unpaired) electrons. The molecular formula is C14H22ClNO3S. The summed E-state index contributed by atoms with van der Waals surface area (Å²) in [6, 6.07) is 6.35. The number of hydrogen-bond acceptors (Lipinski definition) is 3. The zero-order chi connectivity index (χ0) is 15.0. The summed E-state index contributed by atoms with van der Waals surface area (Å²) in [5, 5.41) is 0. The van der Waals surface area contributed by atoms with Crippen LogP contribution >= 0.6 is 11.6 Å². The molecule has 1 unspecified atom stereocenters. The SMILES string of the molecule is CCCC(CCCl)CNS(=O)(=O)c1ccc(OC)cc1. The predicted molar refractivity (Wildman–Crippen MR) is 81.9 cm³/mol. The van der Waals surface area contributed by atoms with Crippen LogP contribution in [0.2, 0.25) is 0 Å². The van der Waals surface area contributed by atoms with E-state index in [1.165, 1.54) is 12.1 Å². The number of rotatable bonds is 9. The van der Waals surface area contributed by atoms with E-state index in [-0.39, 0.29) is 10.8 Å². The van der Waals surface area contributed by atoms with Gasteiger partial charge in [-0.2, -0.15) is 0 Å². The molecule has 4 nitrogen and oxygen atoms in total. The van der Waals surface area contributed by atoms with Crippen LogP contribution < -0.4 is 9.46 Å². The molecule has 0 saturated heterocycles. The van der Waals surface area contributed by atoms with Gasteiger partial charge in [-0.25, -0.2) is 13.1 Å². The third-order valence-electron chi connectivity index (χ3n) is 3.15. The van der Waals surface area contributed by atoms with E-state index in [1.807, 2.05) is 0 Å². The lowest BCUT2D eigenvalue weighted by atomic mass is 10.0. The molecule has 1 N–H and O–H groups in total. The molecule has 1 aromatic carbocycles. The Hall–Kier alpha value is -0.780. The zero-order valence-electron chi connectivity index (χ0n) is 11.9. The Labute approximate surface area is 126 Å². The summed E-state index contributed by atoms with van der Waals surface area (Å²) in [6.45, 7) is 2.51. The molecule has 0 aliphatic carbocycles. The minimum absolute atomic E-state index is 0.249. The fourth-order valence-corrected chi connectivity index (χ4v) is 3.40. The van der Waals surface area contributed by atoms with Crippen molar-refractivity contribution in [3.63, 3.8) is 0 Å². The van der Waals surface area contributed by atoms with Gasteiger partial charge in [0.05, 0.1) is 12.0 Å². The lowest BCUT2D eigenvalue weighted by Crippen LogP contribution is -2.29. The van der Waals surface area contributed by atoms with Crippen molar-refractivity contribution in [2.45, 2.75) is 31.1 Å². The number of methoxy groups -OCH3 is 1. The number of sulfonamides is 1. The van der Waals surface area contributed by atoms with Gasteiger partial charge in [0.1, 0.15) is 5.75 Å². The van der Waals surface area contributed by atoms with Crippen LogP contribution in [0.25, 0.3) is 0 Å². The Morgan fingerprint density at radius 2 is 1.90 bits per heavy atom. The Kier molecular flexibility index (Phi) is 7.34. The molecular weight excluding hydrogens is 298 g/mol. The van der Waals surface area contributed by atoms with Crippen LogP contribution in [-0.4, -0.2) is 28.0 Å². The fraction of sp³-hybridized carbons (Fsp3) is 0.571. The number of ether oxygens (including phenoxy) is 1. The molecule has 20 heavy (non-hydrogen) atoms. The molecule has 0 aliphatic rings. The van der Waals surface area contributed by atoms with Gasteiger partial charge in [0.15, 0.2) is 0 Å². The van der Waals surface area contributed by atoms with Crippen LogP contribution in [0, 0.1) is 5.92 Å². The van der Waals surface area contributed by atoms with Crippen molar-refractivity contribution in [2.75, 3.05) is 19.5 Å². The third kappa shape index (κ3) is 5.31. The van der Waals surface area contributed by atoms with Gasteiger partial charge >= 0.3 is 0 Å². The summed E-state index contributed by atoms with van der Waals surface area (Å²) in [4.78, 5) is 0.249. The number of alkyl halides is 1. The van der Waals surface area contributed by atoms with Gasteiger partial charge in [-0.15, -0.1) is 11.6 Å². The fourth-order valence-electron chi connectivity index (χ4n) is 1.98. The molecule has 0 fully saturated rings. The lowest BCUT2D eigenvalue weighted by Gasteiger charge is -2.15. The maximum Gasteiger partial charge on any atom is 0.240 e. The van der Waals surface area contributed by atoms with Crippen LogP contribution in [0.4, 0.5) is 0 Å². The van der Waals surface area contributed by atoms with E-state index < -0.39 is 10.0 Å². The van der Waals surface area contributed by atoms with E-state index in [9.17, 15) is 8.42 Å². The van der Waals surface area contributed by atoms with Crippen LogP contribution in [-0.2, 0) is 10.0 Å². The first-order valence-electron chi connectivity index (χ1n) is 6.73. The first-order chi connectivity index (χ1) is 9.53. The highest BCUT2D eigenvalue weighted by Gasteiger charge is 2.16. The van der Waals surface area contributed by atoms with Crippen LogP contribution in [0.15, 0.2) is 29.2 Å². The van der Waals surface area contributed by atoms with Gasteiger partial charge in [-0.3, -0.25) is 0 Å². The summed E-state index contributed by atoms with van der Waals surface area (Å²) in [6.07, 6.45) is 2.81. The average molecular weight is 320 g/mol. The van der Waals surface area contributed by atoms with Crippen LogP contribution in [0.3, 0.4) is 0 Å². The van der Waals surface area contributed by atoms with Gasteiger partial charge < -0.3 is 4.74 Å². The number of halogens is 1. The molecule has 114 valence electrons. The van der Waals surface area contributed by atoms with E-state index in [1.54, 1.807) is 19.2 Å². The standard InChI is InChI=1S/C14H22ClNO3S/c1-3-4-12(9-10-15)11-16-20(17,18)14-7-5-13(19-2)6-8-14/h5-8,12,16H,3-4,9-11H2,1-2H3.